The van der Waals surface area contributed by atoms with Gasteiger partial charge in [0.2, 0.25) is 0 Å². The summed E-state index contributed by atoms with van der Waals surface area (Å²) < 4.78 is 6.91. The molecule has 5 heteroatoms. The van der Waals surface area contributed by atoms with Crippen LogP contribution in [0, 0.1) is 0 Å². The Kier molecular flexibility index (Phi) is 3.45. The van der Waals surface area contributed by atoms with E-state index < -0.39 is 5.54 Å². The third-order valence-electron chi connectivity index (χ3n) is 2.69. The highest BCUT2D eigenvalue weighted by atomic mass is 16.5. The molecule has 2 aromatic rings. The molecular weight excluding hydrogens is 228 g/mol. The van der Waals surface area contributed by atoms with Crippen LogP contribution in [0.2, 0.25) is 0 Å². The van der Waals surface area contributed by atoms with Crippen molar-refractivity contribution in [3.05, 3.63) is 41.7 Å². The molecule has 1 aromatic heterocycles. The van der Waals surface area contributed by atoms with Gasteiger partial charge in [-0.1, -0.05) is 23.4 Å². The van der Waals surface area contributed by atoms with Crippen LogP contribution in [0.3, 0.4) is 0 Å². The molecule has 0 unspecified atom stereocenters. The highest BCUT2D eigenvalue weighted by molar-refractivity contribution is 5.40. The zero-order valence-corrected chi connectivity index (χ0v) is 10.9. The molecule has 0 bridgehead atoms. The van der Waals surface area contributed by atoms with Crippen molar-refractivity contribution in [3.63, 3.8) is 0 Å². The van der Waals surface area contributed by atoms with Gasteiger partial charge in [0.15, 0.2) is 0 Å². The molecule has 0 atom stereocenters. The zero-order valence-electron chi connectivity index (χ0n) is 10.9. The molecule has 2 rings (SSSR count). The highest BCUT2D eigenvalue weighted by Crippen LogP contribution is 2.18. The van der Waals surface area contributed by atoms with Crippen molar-refractivity contribution in [2.45, 2.75) is 26.0 Å². The van der Waals surface area contributed by atoms with Crippen LogP contribution in [-0.2, 0) is 16.9 Å². The van der Waals surface area contributed by atoms with Crippen LogP contribution in [-0.4, -0.2) is 22.1 Å². The van der Waals surface area contributed by atoms with E-state index in [4.69, 9.17) is 10.5 Å². The van der Waals surface area contributed by atoms with E-state index in [0.717, 1.165) is 16.9 Å². The average Bonchev–Trinajstić information content (AvgIpc) is 2.79. The Morgan fingerprint density at radius 1 is 1.33 bits per heavy atom. The van der Waals surface area contributed by atoms with Gasteiger partial charge in [-0.15, -0.1) is 5.10 Å². The van der Waals surface area contributed by atoms with Gasteiger partial charge in [0.25, 0.3) is 0 Å². The van der Waals surface area contributed by atoms with Crippen molar-refractivity contribution < 1.29 is 4.74 Å². The predicted molar refractivity (Wildman–Crippen MR) is 69.3 cm³/mol. The molecule has 0 fully saturated rings. The quantitative estimate of drug-likeness (QED) is 0.890. The Bertz CT molecular complexity index is 528. The second-order valence-corrected chi connectivity index (χ2v) is 4.83. The number of rotatable bonds is 4. The Balaban J connectivity index is 2.40. The minimum atomic E-state index is -0.492. The molecule has 0 amide bonds. The van der Waals surface area contributed by atoms with Gasteiger partial charge in [0, 0.05) is 12.7 Å². The van der Waals surface area contributed by atoms with Gasteiger partial charge in [-0.2, -0.15) is 0 Å². The van der Waals surface area contributed by atoms with E-state index in [1.165, 1.54) is 0 Å². The molecule has 1 heterocycles. The van der Waals surface area contributed by atoms with Crippen molar-refractivity contribution in [2.24, 2.45) is 5.73 Å². The Morgan fingerprint density at radius 3 is 2.67 bits per heavy atom. The van der Waals surface area contributed by atoms with Crippen LogP contribution >= 0.6 is 0 Å². The van der Waals surface area contributed by atoms with Crippen LogP contribution in [0.5, 0.6) is 0 Å². The topological polar surface area (TPSA) is 66.0 Å². The molecule has 0 saturated carbocycles. The summed E-state index contributed by atoms with van der Waals surface area (Å²) in [4.78, 5) is 0. The fourth-order valence-electron chi connectivity index (χ4n) is 1.69. The van der Waals surface area contributed by atoms with Gasteiger partial charge in [-0.25, -0.2) is 4.68 Å². The number of para-hydroxylation sites is 1. The van der Waals surface area contributed by atoms with E-state index in [0.29, 0.717) is 6.61 Å². The van der Waals surface area contributed by atoms with Gasteiger partial charge in [-0.3, -0.25) is 0 Å². The number of aromatic nitrogens is 3. The summed E-state index contributed by atoms with van der Waals surface area (Å²) in [5.74, 6) is 0. The number of nitrogens with two attached hydrogens (primary N) is 1. The van der Waals surface area contributed by atoms with Crippen LogP contribution in [0.4, 0.5) is 0 Å². The fourth-order valence-corrected chi connectivity index (χ4v) is 1.69. The van der Waals surface area contributed by atoms with Crippen molar-refractivity contribution in [1.29, 1.82) is 0 Å². The largest absolute Gasteiger partial charge is 0.380 e. The Labute approximate surface area is 107 Å². The van der Waals surface area contributed by atoms with Crippen molar-refractivity contribution in [1.82, 2.24) is 15.0 Å². The predicted octanol–water partition coefficient (Wildman–Crippen LogP) is 1.61. The molecule has 2 N–H and O–H groups in total. The van der Waals surface area contributed by atoms with E-state index in [1.54, 1.807) is 11.8 Å². The van der Waals surface area contributed by atoms with Gasteiger partial charge in [-0.05, 0) is 19.9 Å². The molecule has 0 radical (unpaired) electrons. The third kappa shape index (κ3) is 2.57. The first-order chi connectivity index (χ1) is 8.52. The molecule has 0 aliphatic heterocycles. The van der Waals surface area contributed by atoms with E-state index in [9.17, 15) is 0 Å². The molecular formula is C13H18N4O. The number of methoxy groups -OCH3 is 1. The number of ether oxygens (including phenoxy) is 1. The lowest BCUT2D eigenvalue weighted by Crippen LogP contribution is -2.29. The van der Waals surface area contributed by atoms with Gasteiger partial charge in [0.05, 0.1) is 24.0 Å². The summed E-state index contributed by atoms with van der Waals surface area (Å²) in [6.45, 7) is 4.35. The maximum atomic E-state index is 6.00. The first-order valence-electron chi connectivity index (χ1n) is 5.81. The smallest absolute Gasteiger partial charge is 0.102 e. The normalized spacial score (nSPS) is 11.8. The molecule has 5 nitrogen and oxygen atoms in total. The number of nitrogens with zero attached hydrogens (tertiary/aromatic N) is 3. The lowest BCUT2D eigenvalue weighted by Gasteiger charge is -2.13. The lowest BCUT2D eigenvalue weighted by atomic mass is 10.0. The average molecular weight is 246 g/mol. The Hall–Kier alpha value is -1.72. The summed E-state index contributed by atoms with van der Waals surface area (Å²) in [6.07, 6.45) is 1.86. The first kappa shape index (κ1) is 12.7. The van der Waals surface area contributed by atoms with Crippen LogP contribution in [0.25, 0.3) is 5.69 Å². The van der Waals surface area contributed by atoms with Gasteiger partial charge >= 0.3 is 0 Å². The molecule has 1 aromatic carbocycles. The summed E-state index contributed by atoms with van der Waals surface area (Å²) >= 11 is 0. The molecule has 0 saturated heterocycles. The second kappa shape index (κ2) is 4.88. The van der Waals surface area contributed by atoms with E-state index in [2.05, 4.69) is 10.3 Å². The van der Waals surface area contributed by atoms with E-state index >= 15 is 0 Å². The highest BCUT2D eigenvalue weighted by Gasteiger charge is 2.19. The number of hydrogen-bond donors (Lipinski definition) is 1. The minimum Gasteiger partial charge on any atom is -0.380 e. The van der Waals surface area contributed by atoms with Gasteiger partial charge in [0.1, 0.15) is 5.69 Å². The maximum absolute atomic E-state index is 6.00. The Morgan fingerprint density at radius 2 is 2.06 bits per heavy atom. The third-order valence-corrected chi connectivity index (χ3v) is 2.69. The van der Waals surface area contributed by atoms with Gasteiger partial charge < -0.3 is 10.5 Å². The molecule has 0 aliphatic carbocycles. The SMILES string of the molecule is COCc1ccccc1-n1cc(C(C)(C)N)nn1. The van der Waals surface area contributed by atoms with Crippen molar-refractivity contribution >= 4 is 0 Å². The number of benzene rings is 1. The van der Waals surface area contributed by atoms with Crippen LogP contribution in [0.1, 0.15) is 25.1 Å². The summed E-state index contributed by atoms with van der Waals surface area (Å²) in [6, 6.07) is 7.93. The second-order valence-electron chi connectivity index (χ2n) is 4.83. The van der Waals surface area contributed by atoms with Crippen LogP contribution < -0.4 is 5.73 Å². The molecule has 0 aliphatic rings. The zero-order chi connectivity index (χ0) is 13.2. The molecule has 96 valence electrons. The van der Waals surface area contributed by atoms with Crippen molar-refractivity contribution in [2.75, 3.05) is 7.11 Å². The van der Waals surface area contributed by atoms with E-state index in [1.807, 2.05) is 44.3 Å². The van der Waals surface area contributed by atoms with Crippen LogP contribution in [0.15, 0.2) is 30.5 Å². The standard InChI is InChI=1S/C13H18N4O/c1-13(2,14)12-8-17(16-15-12)11-7-5-4-6-10(11)9-18-3/h4-8H,9,14H2,1-3H3. The van der Waals surface area contributed by atoms with E-state index in [-0.39, 0.29) is 0 Å². The summed E-state index contributed by atoms with van der Waals surface area (Å²) in [7, 11) is 1.67. The molecule has 18 heavy (non-hydrogen) atoms. The lowest BCUT2D eigenvalue weighted by molar-refractivity contribution is 0.184. The minimum absolute atomic E-state index is 0.492. The van der Waals surface area contributed by atoms with Crippen molar-refractivity contribution in [3.8, 4) is 5.69 Å². The fraction of sp³-hybridized carbons (Fsp3) is 0.385. The maximum Gasteiger partial charge on any atom is 0.102 e. The monoisotopic (exact) mass is 246 g/mol. The summed E-state index contributed by atoms with van der Waals surface area (Å²) in [5.41, 5.74) is 8.29. The first-order valence-corrected chi connectivity index (χ1v) is 5.81. The number of hydrogen-bond acceptors (Lipinski definition) is 4. The summed E-state index contributed by atoms with van der Waals surface area (Å²) in [5, 5.41) is 8.24. The molecule has 0 spiro atoms.